The molecule has 2 aliphatic rings. The number of nitrogen functional groups attached to an aromatic ring is 1. The number of aromatic nitrogens is 2. The molecule has 6 bridgehead atoms. The Balaban J connectivity index is 1.57. The fourth-order valence-electron chi connectivity index (χ4n) is 3.46. The molecule has 1 amide bonds. The number of ether oxygens (including phenoxy) is 3. The van der Waals surface area contributed by atoms with E-state index in [2.05, 4.69) is 15.3 Å². The summed E-state index contributed by atoms with van der Waals surface area (Å²) in [6, 6.07) is 14.5. The van der Waals surface area contributed by atoms with E-state index in [4.69, 9.17) is 19.9 Å². The first-order valence-electron chi connectivity index (χ1n) is 11.5. The van der Waals surface area contributed by atoms with Crippen LogP contribution < -0.4 is 11.1 Å². The van der Waals surface area contributed by atoms with Crippen molar-refractivity contribution < 1.29 is 23.2 Å². The van der Waals surface area contributed by atoms with Crippen molar-refractivity contribution >= 4 is 28.4 Å². The van der Waals surface area contributed by atoms with E-state index in [1.807, 2.05) is 18.2 Å². The van der Waals surface area contributed by atoms with Gasteiger partial charge < -0.3 is 25.3 Å². The van der Waals surface area contributed by atoms with Crippen LogP contribution in [-0.2, 0) is 31.8 Å². The van der Waals surface area contributed by atoms with Gasteiger partial charge in [-0.2, -0.15) is 0 Å². The molecule has 0 saturated carbocycles. The van der Waals surface area contributed by atoms with Crippen molar-refractivity contribution in [2.45, 2.75) is 11.5 Å². The number of nitrogens with two attached hydrogens (primary N) is 1. The predicted molar refractivity (Wildman–Crippen MR) is 137 cm³/mol. The summed E-state index contributed by atoms with van der Waals surface area (Å²) in [5.41, 5.74) is 8.68. The van der Waals surface area contributed by atoms with E-state index in [-0.39, 0.29) is 11.5 Å². The van der Waals surface area contributed by atoms with Crippen molar-refractivity contribution in [3.63, 3.8) is 0 Å². The Morgan fingerprint density at radius 2 is 1.72 bits per heavy atom. The Hall–Kier alpha value is -3.22. The lowest BCUT2D eigenvalue weighted by atomic mass is 10.1. The molecular weight excluding hydrogens is 482 g/mol. The summed E-state index contributed by atoms with van der Waals surface area (Å²) in [5.74, 6) is -0.442. The van der Waals surface area contributed by atoms with Gasteiger partial charge in [-0.05, 0) is 29.8 Å². The van der Waals surface area contributed by atoms with Crippen LogP contribution in [0.3, 0.4) is 0 Å². The number of rotatable bonds is 0. The molecule has 0 radical (unpaired) electrons. The summed E-state index contributed by atoms with van der Waals surface area (Å²) >= 11 is 0. The van der Waals surface area contributed by atoms with Crippen LogP contribution in [0.15, 0.2) is 59.6 Å². The molecule has 190 valence electrons. The molecule has 3 heterocycles. The van der Waals surface area contributed by atoms with Gasteiger partial charge in [0.1, 0.15) is 11.0 Å². The van der Waals surface area contributed by atoms with Gasteiger partial charge in [-0.1, -0.05) is 24.3 Å². The third-order valence-corrected chi connectivity index (χ3v) is 6.82. The second-order valence-electron chi connectivity index (χ2n) is 8.05. The molecular formula is C25H29N5O5S. The Kier molecular flexibility index (Phi) is 9.09. The second kappa shape index (κ2) is 12.7. The van der Waals surface area contributed by atoms with Crippen LogP contribution >= 0.6 is 0 Å². The van der Waals surface area contributed by atoms with Crippen molar-refractivity contribution in [2.24, 2.45) is 0 Å². The maximum Gasteiger partial charge on any atom is 0.278 e. The molecule has 0 spiro atoms. The minimum atomic E-state index is -1.35. The van der Waals surface area contributed by atoms with E-state index in [0.29, 0.717) is 62.5 Å². The summed E-state index contributed by atoms with van der Waals surface area (Å²) in [7, 11) is 0.423. The highest BCUT2D eigenvalue weighted by Gasteiger charge is 2.16. The molecule has 1 aromatic heterocycles. The fourth-order valence-corrected chi connectivity index (χ4v) is 4.43. The summed E-state index contributed by atoms with van der Waals surface area (Å²) in [6.45, 7) is 3.07. The van der Waals surface area contributed by atoms with E-state index < -0.39 is 16.9 Å². The molecule has 10 nitrogen and oxygen atoms in total. The van der Waals surface area contributed by atoms with Crippen LogP contribution in [0.2, 0.25) is 0 Å². The number of fused-ring (bicyclic) bond motifs is 14. The van der Waals surface area contributed by atoms with Crippen molar-refractivity contribution in [2.75, 3.05) is 57.7 Å². The Bertz CT molecular complexity index is 1210. The molecule has 11 heteroatoms. The van der Waals surface area contributed by atoms with Crippen molar-refractivity contribution in [1.29, 1.82) is 0 Å². The van der Waals surface area contributed by atoms with Gasteiger partial charge in [0, 0.05) is 24.8 Å². The molecule has 3 aromatic rings. The first-order chi connectivity index (χ1) is 17.5. The Labute approximate surface area is 212 Å². The molecule has 0 aliphatic carbocycles. The number of benzene rings is 2. The van der Waals surface area contributed by atoms with E-state index in [0.717, 1.165) is 11.1 Å². The minimum absolute atomic E-state index is 0.0214. The summed E-state index contributed by atoms with van der Waals surface area (Å²) in [5, 5.41) is 2.82. The third-order valence-electron chi connectivity index (χ3n) is 5.40. The van der Waals surface area contributed by atoms with Gasteiger partial charge in [-0.25, -0.2) is 18.5 Å². The quantitative estimate of drug-likeness (QED) is 0.441. The van der Waals surface area contributed by atoms with Gasteiger partial charge in [0.15, 0.2) is 11.5 Å². The molecule has 2 aromatic carbocycles. The summed E-state index contributed by atoms with van der Waals surface area (Å²) < 4.78 is 31.3. The number of carbonyl (C=O) groups is 1. The number of nitrogens with zero attached hydrogens (tertiary/aromatic N) is 3. The number of anilines is 2. The van der Waals surface area contributed by atoms with Gasteiger partial charge in [0.25, 0.3) is 5.91 Å². The van der Waals surface area contributed by atoms with Gasteiger partial charge in [0.2, 0.25) is 0 Å². The van der Waals surface area contributed by atoms with Crippen molar-refractivity contribution in [1.82, 2.24) is 14.3 Å². The average molecular weight is 512 g/mol. The zero-order valence-electron chi connectivity index (χ0n) is 20.0. The van der Waals surface area contributed by atoms with Crippen LogP contribution in [0.4, 0.5) is 11.5 Å². The monoisotopic (exact) mass is 511 g/mol. The zero-order chi connectivity index (χ0) is 25.3. The first-order valence-corrected chi connectivity index (χ1v) is 12.6. The van der Waals surface area contributed by atoms with Crippen LogP contribution in [0.1, 0.15) is 16.1 Å². The Morgan fingerprint density at radius 1 is 1.00 bits per heavy atom. The molecule has 0 fully saturated rings. The average Bonchev–Trinajstić information content (AvgIpc) is 2.89. The molecule has 2 aliphatic heterocycles. The third kappa shape index (κ3) is 6.93. The normalized spacial score (nSPS) is 18.8. The van der Waals surface area contributed by atoms with Crippen LogP contribution in [0, 0.1) is 0 Å². The smallest absolute Gasteiger partial charge is 0.278 e. The molecule has 5 rings (SSSR count). The zero-order valence-corrected chi connectivity index (χ0v) is 20.8. The molecule has 3 N–H and O–H groups in total. The van der Waals surface area contributed by atoms with E-state index in [9.17, 15) is 9.00 Å². The number of hydrogen-bond acceptors (Lipinski definition) is 8. The number of likely N-dealkylation sites (N-methyl/N-ethyl adjacent to an activating group) is 1. The number of nitrogens with one attached hydrogen (secondary N) is 1. The largest absolute Gasteiger partial charge is 0.382 e. The first kappa shape index (κ1) is 25.9. The minimum Gasteiger partial charge on any atom is -0.382 e. The van der Waals surface area contributed by atoms with Gasteiger partial charge in [-0.15, -0.1) is 0 Å². The van der Waals surface area contributed by atoms with Gasteiger partial charge >= 0.3 is 0 Å². The van der Waals surface area contributed by atoms with Crippen LogP contribution in [0.25, 0.3) is 11.3 Å². The molecule has 1 atom stereocenters. The van der Waals surface area contributed by atoms with Gasteiger partial charge in [-0.3, -0.25) is 4.79 Å². The highest BCUT2D eigenvalue weighted by atomic mass is 32.2. The number of hydrogen-bond donors (Lipinski definition) is 2. The summed E-state index contributed by atoms with van der Waals surface area (Å²) in [4.78, 5) is 22.2. The summed E-state index contributed by atoms with van der Waals surface area (Å²) in [6.07, 6.45) is 1.51. The van der Waals surface area contributed by atoms with E-state index in [1.54, 1.807) is 41.7 Å². The number of amides is 1. The fraction of sp³-hybridized carbons (Fsp3) is 0.320. The standard InChI is InChI=1S/C25H29N5O5S/c1-30-9-10-33-11-12-34-13-14-35-17-18-3-2-4-20(15-18)28-25(31)23-24(26)27-16-22(29-23)19-5-7-21(8-6-19)36(30)32/h2-8,15-16H,9-14,17H2,1H3,(H2,26,27)(H,28,31). The SMILES string of the molecule is CN1CCOCCOCCOCc2cccc(c2)NC(=O)c2nc(cnc2N)-c2ccc(cc2)S1=O. The molecule has 1 unspecified atom stereocenters. The second-order valence-corrected chi connectivity index (χ2v) is 9.64. The lowest BCUT2D eigenvalue weighted by molar-refractivity contribution is 0.00992. The Morgan fingerprint density at radius 3 is 2.50 bits per heavy atom. The highest BCUT2D eigenvalue weighted by molar-refractivity contribution is 7.82. The highest BCUT2D eigenvalue weighted by Crippen LogP contribution is 2.22. The lowest BCUT2D eigenvalue weighted by Crippen LogP contribution is -2.26. The molecule has 36 heavy (non-hydrogen) atoms. The maximum absolute atomic E-state index is 13.0. The van der Waals surface area contributed by atoms with Crippen molar-refractivity contribution in [3.05, 3.63) is 66.0 Å². The predicted octanol–water partition coefficient (Wildman–Crippen LogP) is 2.50. The van der Waals surface area contributed by atoms with Crippen molar-refractivity contribution in [3.8, 4) is 11.3 Å². The lowest BCUT2D eigenvalue weighted by Gasteiger charge is -2.16. The van der Waals surface area contributed by atoms with E-state index >= 15 is 0 Å². The van der Waals surface area contributed by atoms with Crippen LogP contribution in [-0.4, -0.2) is 71.0 Å². The van der Waals surface area contributed by atoms with E-state index in [1.165, 1.54) is 6.20 Å². The maximum atomic E-state index is 13.0. The number of carbonyl (C=O) groups excluding carboxylic acids is 1. The van der Waals surface area contributed by atoms with Gasteiger partial charge in [0.05, 0.1) is 56.4 Å². The van der Waals surface area contributed by atoms with Crippen LogP contribution in [0.5, 0.6) is 0 Å². The molecule has 0 saturated heterocycles. The topological polar surface area (TPSA) is 129 Å².